The van der Waals surface area contributed by atoms with E-state index < -0.39 is 0 Å². The van der Waals surface area contributed by atoms with Crippen molar-refractivity contribution in [1.29, 1.82) is 0 Å². The molecular weight excluding hydrogens is 268 g/mol. The van der Waals surface area contributed by atoms with Crippen LogP contribution in [0.3, 0.4) is 0 Å². The lowest BCUT2D eigenvalue weighted by Gasteiger charge is -2.34. The van der Waals surface area contributed by atoms with Crippen molar-refractivity contribution in [1.82, 2.24) is 5.32 Å². The number of para-hydroxylation sites is 1. The van der Waals surface area contributed by atoms with Crippen molar-refractivity contribution in [3.05, 3.63) is 29.8 Å². The monoisotopic (exact) mass is 292 g/mol. The zero-order chi connectivity index (χ0) is 15.1. The number of anilines is 1. The summed E-state index contributed by atoms with van der Waals surface area (Å²) in [7, 11) is 1.62. The molecule has 1 N–H and O–H groups in total. The van der Waals surface area contributed by atoms with Gasteiger partial charge in [0.25, 0.3) is 5.91 Å². The van der Waals surface area contributed by atoms with Crippen LogP contribution in [-0.2, 0) is 14.3 Å². The molecule has 21 heavy (non-hydrogen) atoms. The van der Waals surface area contributed by atoms with Crippen molar-refractivity contribution in [3.8, 4) is 0 Å². The van der Waals surface area contributed by atoms with Gasteiger partial charge in [-0.25, -0.2) is 0 Å². The summed E-state index contributed by atoms with van der Waals surface area (Å²) in [6.45, 7) is 4.80. The van der Waals surface area contributed by atoms with Crippen molar-refractivity contribution in [2.24, 2.45) is 0 Å². The standard InChI is InChI=1S/C16H24N2O3/c1-3-17-14-8-9-18(15-7-5-4-6-13(14)15)16(19)12-21-11-10-20-2/h4-7,14,17H,3,8-12H2,1-2H3. The Kier molecular flexibility index (Phi) is 6.17. The first-order valence-corrected chi connectivity index (χ1v) is 7.47. The summed E-state index contributed by atoms with van der Waals surface area (Å²) in [5.74, 6) is 0.00787. The van der Waals surface area contributed by atoms with Crippen LogP contribution >= 0.6 is 0 Å². The molecule has 1 unspecified atom stereocenters. The highest BCUT2D eigenvalue weighted by atomic mass is 16.5. The number of hydrogen-bond donors (Lipinski definition) is 1. The number of amides is 1. The van der Waals surface area contributed by atoms with E-state index >= 15 is 0 Å². The van der Waals surface area contributed by atoms with Gasteiger partial charge in [-0.3, -0.25) is 4.79 Å². The maximum absolute atomic E-state index is 12.3. The third-order valence-electron chi connectivity index (χ3n) is 3.65. The van der Waals surface area contributed by atoms with Gasteiger partial charge >= 0.3 is 0 Å². The fraction of sp³-hybridized carbons (Fsp3) is 0.562. The van der Waals surface area contributed by atoms with Crippen LogP contribution in [0, 0.1) is 0 Å². The van der Waals surface area contributed by atoms with E-state index in [1.54, 1.807) is 7.11 Å². The van der Waals surface area contributed by atoms with Crippen LogP contribution in [0.25, 0.3) is 0 Å². The van der Waals surface area contributed by atoms with Crippen molar-refractivity contribution in [2.75, 3.05) is 44.9 Å². The van der Waals surface area contributed by atoms with E-state index in [1.165, 1.54) is 5.56 Å². The molecule has 1 heterocycles. The molecule has 5 heteroatoms. The molecule has 1 atom stereocenters. The molecule has 5 nitrogen and oxygen atoms in total. The summed E-state index contributed by atoms with van der Waals surface area (Å²) in [4.78, 5) is 14.2. The average Bonchev–Trinajstić information content (AvgIpc) is 2.52. The van der Waals surface area contributed by atoms with Crippen LogP contribution in [0.1, 0.15) is 24.9 Å². The van der Waals surface area contributed by atoms with E-state index in [9.17, 15) is 4.79 Å². The smallest absolute Gasteiger partial charge is 0.252 e. The molecule has 116 valence electrons. The van der Waals surface area contributed by atoms with Gasteiger partial charge in [0.15, 0.2) is 0 Å². The number of hydrogen-bond acceptors (Lipinski definition) is 4. The molecule has 2 rings (SSSR count). The Hall–Kier alpha value is -1.43. The summed E-state index contributed by atoms with van der Waals surface area (Å²) in [5, 5.41) is 3.47. The number of fused-ring (bicyclic) bond motifs is 1. The summed E-state index contributed by atoms with van der Waals surface area (Å²) >= 11 is 0. The minimum absolute atomic E-state index is 0.00787. The molecule has 0 radical (unpaired) electrons. The lowest BCUT2D eigenvalue weighted by atomic mass is 9.96. The van der Waals surface area contributed by atoms with Gasteiger partial charge in [0.1, 0.15) is 6.61 Å². The predicted molar refractivity (Wildman–Crippen MR) is 82.5 cm³/mol. The Bertz CT molecular complexity index is 465. The Morgan fingerprint density at radius 3 is 2.95 bits per heavy atom. The van der Waals surface area contributed by atoms with Gasteiger partial charge in [-0.1, -0.05) is 25.1 Å². The molecule has 1 aliphatic rings. The van der Waals surface area contributed by atoms with Gasteiger partial charge in [0, 0.05) is 25.4 Å². The molecule has 1 aromatic carbocycles. The third-order valence-corrected chi connectivity index (χ3v) is 3.65. The SMILES string of the molecule is CCNC1CCN(C(=O)COCCOC)c2ccccc21. The lowest BCUT2D eigenvalue weighted by molar-refractivity contribution is -0.123. The van der Waals surface area contributed by atoms with E-state index in [1.807, 2.05) is 23.1 Å². The highest BCUT2D eigenvalue weighted by Crippen LogP contribution is 2.33. The summed E-state index contributed by atoms with van der Waals surface area (Å²) in [5.41, 5.74) is 2.19. The molecule has 1 aliphatic heterocycles. The molecular formula is C16H24N2O3. The second kappa shape index (κ2) is 8.12. The van der Waals surface area contributed by atoms with Crippen molar-refractivity contribution >= 4 is 11.6 Å². The Labute approximate surface area is 126 Å². The number of benzene rings is 1. The highest BCUT2D eigenvalue weighted by molar-refractivity contribution is 5.95. The second-order valence-electron chi connectivity index (χ2n) is 5.05. The third kappa shape index (κ3) is 4.03. The zero-order valence-corrected chi connectivity index (χ0v) is 12.8. The van der Waals surface area contributed by atoms with E-state index in [-0.39, 0.29) is 12.5 Å². The Morgan fingerprint density at radius 2 is 2.19 bits per heavy atom. The summed E-state index contributed by atoms with van der Waals surface area (Å²) in [6.07, 6.45) is 0.925. The highest BCUT2D eigenvalue weighted by Gasteiger charge is 2.27. The number of ether oxygens (including phenoxy) is 2. The summed E-state index contributed by atoms with van der Waals surface area (Å²) in [6, 6.07) is 8.41. The van der Waals surface area contributed by atoms with Crippen LogP contribution in [0.2, 0.25) is 0 Å². The maximum atomic E-state index is 12.3. The van der Waals surface area contributed by atoms with Crippen LogP contribution in [-0.4, -0.2) is 45.9 Å². The van der Waals surface area contributed by atoms with Gasteiger partial charge < -0.3 is 19.7 Å². The number of carbonyl (C=O) groups excluding carboxylic acids is 1. The molecule has 0 bridgehead atoms. The zero-order valence-electron chi connectivity index (χ0n) is 12.8. The Morgan fingerprint density at radius 1 is 1.38 bits per heavy atom. The molecule has 1 aromatic rings. The van der Waals surface area contributed by atoms with Gasteiger partial charge in [-0.05, 0) is 24.6 Å². The normalized spacial score (nSPS) is 17.6. The molecule has 0 saturated carbocycles. The number of methoxy groups -OCH3 is 1. The number of nitrogens with one attached hydrogen (secondary N) is 1. The topological polar surface area (TPSA) is 50.8 Å². The molecule has 0 saturated heterocycles. The first kappa shape index (κ1) is 15.9. The van der Waals surface area contributed by atoms with E-state index in [4.69, 9.17) is 9.47 Å². The van der Waals surface area contributed by atoms with Gasteiger partial charge in [-0.2, -0.15) is 0 Å². The van der Waals surface area contributed by atoms with Gasteiger partial charge in [0.05, 0.1) is 13.2 Å². The molecule has 0 aromatic heterocycles. The quantitative estimate of drug-likeness (QED) is 0.778. The van der Waals surface area contributed by atoms with E-state index in [0.29, 0.717) is 19.3 Å². The largest absolute Gasteiger partial charge is 0.382 e. The number of nitrogens with zero attached hydrogens (tertiary/aromatic N) is 1. The second-order valence-corrected chi connectivity index (χ2v) is 5.05. The van der Waals surface area contributed by atoms with Crippen LogP contribution < -0.4 is 10.2 Å². The fourth-order valence-corrected chi connectivity index (χ4v) is 2.66. The average molecular weight is 292 g/mol. The van der Waals surface area contributed by atoms with Crippen LogP contribution in [0.4, 0.5) is 5.69 Å². The Balaban J connectivity index is 2.04. The molecule has 0 aliphatic carbocycles. The van der Waals surface area contributed by atoms with Crippen molar-refractivity contribution < 1.29 is 14.3 Å². The number of carbonyl (C=O) groups is 1. The first-order chi connectivity index (χ1) is 10.3. The fourth-order valence-electron chi connectivity index (χ4n) is 2.66. The van der Waals surface area contributed by atoms with Crippen LogP contribution in [0.5, 0.6) is 0 Å². The lowest BCUT2D eigenvalue weighted by Crippen LogP contribution is -2.41. The van der Waals surface area contributed by atoms with Crippen molar-refractivity contribution in [3.63, 3.8) is 0 Å². The van der Waals surface area contributed by atoms with Crippen LogP contribution in [0.15, 0.2) is 24.3 Å². The van der Waals surface area contributed by atoms with E-state index in [2.05, 4.69) is 18.3 Å². The number of rotatable bonds is 7. The maximum Gasteiger partial charge on any atom is 0.252 e. The van der Waals surface area contributed by atoms with E-state index in [0.717, 1.165) is 25.2 Å². The predicted octanol–water partition coefficient (Wildman–Crippen LogP) is 1.74. The molecule has 0 fully saturated rings. The minimum atomic E-state index is 0.00787. The molecule has 0 spiro atoms. The first-order valence-electron chi connectivity index (χ1n) is 7.47. The van der Waals surface area contributed by atoms with Crippen molar-refractivity contribution in [2.45, 2.75) is 19.4 Å². The summed E-state index contributed by atoms with van der Waals surface area (Å²) < 4.78 is 10.3. The van der Waals surface area contributed by atoms with Gasteiger partial charge in [-0.15, -0.1) is 0 Å². The minimum Gasteiger partial charge on any atom is -0.382 e. The molecule has 1 amide bonds. The van der Waals surface area contributed by atoms with Gasteiger partial charge in [0.2, 0.25) is 0 Å².